The van der Waals surface area contributed by atoms with Gasteiger partial charge in [-0.2, -0.15) is 0 Å². The predicted octanol–water partition coefficient (Wildman–Crippen LogP) is 5.71. The SMILES string of the molecule is CCCCCCC(N)c1ncc(-c2ccc(-c3ccccc3)cc2)[nH]1. The molecular weight excluding hydrogens is 306 g/mol. The van der Waals surface area contributed by atoms with Crippen molar-refractivity contribution in [1.29, 1.82) is 0 Å². The number of hydrogen-bond acceptors (Lipinski definition) is 2. The minimum Gasteiger partial charge on any atom is -0.341 e. The Morgan fingerprint density at radius 3 is 2.28 bits per heavy atom. The van der Waals surface area contributed by atoms with Crippen LogP contribution in [0, 0.1) is 0 Å². The van der Waals surface area contributed by atoms with Crippen LogP contribution in [-0.4, -0.2) is 9.97 Å². The van der Waals surface area contributed by atoms with E-state index in [2.05, 4.69) is 65.4 Å². The van der Waals surface area contributed by atoms with Crippen molar-refractivity contribution in [3.8, 4) is 22.4 Å². The van der Waals surface area contributed by atoms with Crippen molar-refractivity contribution in [3.63, 3.8) is 0 Å². The minimum absolute atomic E-state index is 0.00537. The zero-order chi connectivity index (χ0) is 17.5. The first-order valence-electron chi connectivity index (χ1n) is 9.24. The molecule has 0 aliphatic heterocycles. The lowest BCUT2D eigenvalue weighted by Gasteiger charge is -2.08. The fourth-order valence-corrected chi connectivity index (χ4v) is 3.07. The summed E-state index contributed by atoms with van der Waals surface area (Å²) < 4.78 is 0. The molecule has 1 unspecified atom stereocenters. The number of hydrogen-bond donors (Lipinski definition) is 2. The molecule has 1 aromatic heterocycles. The molecule has 0 aliphatic rings. The van der Waals surface area contributed by atoms with Crippen molar-refractivity contribution < 1.29 is 0 Å². The van der Waals surface area contributed by atoms with Crippen LogP contribution in [0.2, 0.25) is 0 Å². The van der Waals surface area contributed by atoms with Crippen molar-refractivity contribution >= 4 is 0 Å². The Hall–Kier alpha value is -2.39. The summed E-state index contributed by atoms with van der Waals surface area (Å²) in [5, 5.41) is 0. The summed E-state index contributed by atoms with van der Waals surface area (Å²) in [6.45, 7) is 2.22. The van der Waals surface area contributed by atoms with Crippen LogP contribution in [0.5, 0.6) is 0 Å². The van der Waals surface area contributed by atoms with Crippen LogP contribution in [0.25, 0.3) is 22.4 Å². The van der Waals surface area contributed by atoms with Crippen LogP contribution in [-0.2, 0) is 0 Å². The van der Waals surface area contributed by atoms with Gasteiger partial charge in [-0.25, -0.2) is 4.98 Å². The van der Waals surface area contributed by atoms with E-state index in [4.69, 9.17) is 5.73 Å². The van der Waals surface area contributed by atoms with E-state index in [1.165, 1.54) is 30.4 Å². The van der Waals surface area contributed by atoms with Crippen molar-refractivity contribution in [1.82, 2.24) is 9.97 Å². The zero-order valence-electron chi connectivity index (χ0n) is 14.9. The molecule has 3 rings (SSSR count). The number of nitrogens with one attached hydrogen (secondary N) is 1. The highest BCUT2D eigenvalue weighted by Gasteiger charge is 2.11. The van der Waals surface area contributed by atoms with Gasteiger partial charge in [-0.1, -0.05) is 87.2 Å². The average Bonchev–Trinajstić information content (AvgIpc) is 3.16. The molecule has 1 heterocycles. The zero-order valence-corrected chi connectivity index (χ0v) is 14.9. The summed E-state index contributed by atoms with van der Waals surface area (Å²) in [7, 11) is 0. The molecule has 130 valence electrons. The Bertz CT molecular complexity index is 759. The first-order valence-corrected chi connectivity index (χ1v) is 9.24. The number of unbranched alkanes of at least 4 members (excludes halogenated alkanes) is 3. The maximum Gasteiger partial charge on any atom is 0.123 e. The number of nitrogens with zero attached hydrogens (tertiary/aromatic N) is 1. The Labute approximate surface area is 150 Å². The van der Waals surface area contributed by atoms with Gasteiger partial charge in [-0.05, 0) is 23.1 Å². The number of aromatic nitrogens is 2. The number of imidazole rings is 1. The van der Waals surface area contributed by atoms with Crippen molar-refractivity contribution in [2.24, 2.45) is 5.73 Å². The Balaban J connectivity index is 1.66. The Morgan fingerprint density at radius 2 is 1.56 bits per heavy atom. The van der Waals surface area contributed by atoms with Crippen molar-refractivity contribution in [2.45, 2.75) is 45.1 Å². The van der Waals surface area contributed by atoms with Gasteiger partial charge < -0.3 is 10.7 Å². The second-order valence-electron chi connectivity index (χ2n) is 6.58. The normalized spacial score (nSPS) is 12.2. The summed E-state index contributed by atoms with van der Waals surface area (Å²) in [4.78, 5) is 7.88. The summed E-state index contributed by atoms with van der Waals surface area (Å²) in [6.07, 6.45) is 7.82. The maximum absolute atomic E-state index is 6.28. The van der Waals surface area contributed by atoms with E-state index in [1.54, 1.807) is 0 Å². The number of H-pyrrole nitrogens is 1. The number of rotatable bonds is 8. The lowest BCUT2D eigenvalue weighted by molar-refractivity contribution is 0.550. The van der Waals surface area contributed by atoms with Crippen molar-refractivity contribution in [2.75, 3.05) is 0 Å². The van der Waals surface area contributed by atoms with E-state index < -0.39 is 0 Å². The predicted molar refractivity (Wildman–Crippen MR) is 105 cm³/mol. The lowest BCUT2D eigenvalue weighted by Crippen LogP contribution is -2.11. The largest absolute Gasteiger partial charge is 0.341 e. The van der Waals surface area contributed by atoms with E-state index in [1.807, 2.05) is 12.3 Å². The van der Waals surface area contributed by atoms with E-state index in [9.17, 15) is 0 Å². The summed E-state index contributed by atoms with van der Waals surface area (Å²) >= 11 is 0. The third kappa shape index (κ3) is 4.58. The molecule has 0 spiro atoms. The fraction of sp³-hybridized carbons (Fsp3) is 0.318. The molecule has 3 aromatic rings. The third-order valence-corrected chi connectivity index (χ3v) is 4.62. The standard InChI is InChI=1S/C22H27N3/c1-2-3-4-8-11-20(23)22-24-16-21(25-22)19-14-12-18(13-15-19)17-9-6-5-7-10-17/h5-7,9-10,12-16,20H,2-4,8,11,23H2,1H3,(H,24,25). The van der Waals surface area contributed by atoms with Crippen LogP contribution in [0.15, 0.2) is 60.8 Å². The van der Waals surface area contributed by atoms with Gasteiger partial charge in [0.15, 0.2) is 0 Å². The van der Waals surface area contributed by atoms with Crippen LogP contribution in [0.3, 0.4) is 0 Å². The lowest BCUT2D eigenvalue weighted by atomic mass is 10.0. The molecule has 3 N–H and O–H groups in total. The van der Waals surface area contributed by atoms with Gasteiger partial charge in [0.05, 0.1) is 17.9 Å². The van der Waals surface area contributed by atoms with Crippen LogP contribution in [0.1, 0.15) is 50.9 Å². The molecule has 25 heavy (non-hydrogen) atoms. The van der Waals surface area contributed by atoms with Gasteiger partial charge in [0.2, 0.25) is 0 Å². The van der Waals surface area contributed by atoms with Gasteiger partial charge in [0.25, 0.3) is 0 Å². The number of aromatic amines is 1. The van der Waals surface area contributed by atoms with Gasteiger partial charge >= 0.3 is 0 Å². The minimum atomic E-state index is -0.00537. The third-order valence-electron chi connectivity index (χ3n) is 4.62. The second kappa shape index (κ2) is 8.63. The highest BCUT2D eigenvalue weighted by atomic mass is 15.0. The number of nitrogens with two attached hydrogens (primary N) is 1. The molecule has 1 atom stereocenters. The molecule has 0 bridgehead atoms. The number of benzene rings is 2. The smallest absolute Gasteiger partial charge is 0.123 e. The first-order chi connectivity index (χ1) is 12.3. The van der Waals surface area contributed by atoms with Gasteiger partial charge in [0.1, 0.15) is 5.82 Å². The highest BCUT2D eigenvalue weighted by molar-refractivity contribution is 5.68. The molecule has 3 heteroatoms. The topological polar surface area (TPSA) is 54.7 Å². The fourth-order valence-electron chi connectivity index (χ4n) is 3.07. The van der Waals surface area contributed by atoms with Crippen molar-refractivity contribution in [3.05, 3.63) is 66.6 Å². The van der Waals surface area contributed by atoms with E-state index in [0.29, 0.717) is 0 Å². The molecule has 3 nitrogen and oxygen atoms in total. The van der Waals surface area contributed by atoms with Crippen LogP contribution >= 0.6 is 0 Å². The monoisotopic (exact) mass is 333 g/mol. The molecule has 0 saturated carbocycles. The molecule has 2 aromatic carbocycles. The highest BCUT2D eigenvalue weighted by Crippen LogP contribution is 2.25. The molecule has 0 amide bonds. The Kier molecular flexibility index (Phi) is 6.02. The molecule has 0 radical (unpaired) electrons. The Morgan fingerprint density at radius 1 is 0.880 bits per heavy atom. The van der Waals surface area contributed by atoms with Crippen LogP contribution < -0.4 is 5.73 Å². The summed E-state index contributed by atoms with van der Waals surface area (Å²) in [5.74, 6) is 0.888. The summed E-state index contributed by atoms with van der Waals surface area (Å²) in [6, 6.07) is 19.0. The maximum atomic E-state index is 6.28. The van der Waals surface area contributed by atoms with E-state index in [0.717, 1.165) is 29.9 Å². The molecule has 0 aliphatic carbocycles. The quantitative estimate of drug-likeness (QED) is 0.518. The van der Waals surface area contributed by atoms with Gasteiger partial charge in [0, 0.05) is 0 Å². The van der Waals surface area contributed by atoms with Gasteiger partial charge in [-0.15, -0.1) is 0 Å². The molecule has 0 fully saturated rings. The molecular formula is C22H27N3. The van der Waals surface area contributed by atoms with E-state index in [-0.39, 0.29) is 6.04 Å². The molecule has 0 saturated heterocycles. The average molecular weight is 333 g/mol. The second-order valence-corrected chi connectivity index (χ2v) is 6.58. The summed E-state index contributed by atoms with van der Waals surface area (Å²) in [5.41, 5.74) is 10.9. The first kappa shape index (κ1) is 17.4. The van der Waals surface area contributed by atoms with E-state index >= 15 is 0 Å². The van der Waals surface area contributed by atoms with Gasteiger partial charge in [-0.3, -0.25) is 0 Å². The van der Waals surface area contributed by atoms with Crippen LogP contribution in [0.4, 0.5) is 0 Å².